The number of nitrogens with one attached hydrogen (secondary N) is 2. The third-order valence-corrected chi connectivity index (χ3v) is 36.5. The third kappa shape index (κ3) is 52.9. The summed E-state index contributed by atoms with van der Waals surface area (Å²) in [7, 11) is -6.64. The van der Waals surface area contributed by atoms with Gasteiger partial charge in [-0.2, -0.15) is 0 Å². The summed E-state index contributed by atoms with van der Waals surface area (Å²) in [6.07, 6.45) is 17.6. The zero-order valence-corrected chi connectivity index (χ0v) is 76.1. The zero-order chi connectivity index (χ0) is 78.1. The van der Waals surface area contributed by atoms with Crippen LogP contribution in [0.15, 0.2) is 135 Å². The second kappa shape index (κ2) is 64.2. The molecule has 6 heterocycles. The molecule has 0 spiro atoms. The van der Waals surface area contributed by atoms with E-state index >= 15 is 0 Å². The number of halogens is 4. The lowest BCUT2D eigenvalue weighted by molar-refractivity contribution is 0.189. The van der Waals surface area contributed by atoms with Crippen molar-refractivity contribution in [2.45, 2.75) is 266 Å². The van der Waals surface area contributed by atoms with Crippen molar-refractivity contribution in [1.29, 1.82) is 0 Å². The van der Waals surface area contributed by atoms with E-state index < -0.39 is 33.3 Å². The Bertz CT molecular complexity index is 3290. The smallest absolute Gasteiger partial charge is 0.262 e. The van der Waals surface area contributed by atoms with Gasteiger partial charge < -0.3 is 56.8 Å². The molecule has 0 amide bonds. The maximum Gasteiger partial charge on any atom is 0.262 e. The highest BCUT2D eigenvalue weighted by molar-refractivity contribution is 9.93. The molecule has 0 saturated heterocycles. The SMILES string of the molecule is BrBr.C.C.C.C.C.C.CC(C)(C)[Si](C)(C)OCCO.CC(C)(C)[Si](C)(C)OCCOc1ncccc1Br.CCC#Cc1cccnc1OCCO[Si](C)(C)C(C)(C)C.CCCCc1cccnc1OCCO.CCCCc1cccnc1OCCO[Si](C)(C)C(C)(C)C.O=c1[nH]cccc1Br.O=c1cccc[nH]1. The van der Waals surface area contributed by atoms with Crippen molar-refractivity contribution in [2.24, 2.45) is 0 Å². The summed E-state index contributed by atoms with van der Waals surface area (Å²) >= 11 is 12.0. The Morgan fingerprint density at radius 3 is 1.08 bits per heavy atom. The van der Waals surface area contributed by atoms with Gasteiger partial charge in [0.2, 0.25) is 29.1 Å². The molecule has 6 rings (SSSR count). The lowest BCUT2D eigenvalue weighted by Crippen LogP contribution is -2.41. The van der Waals surface area contributed by atoms with Gasteiger partial charge in [-0.25, -0.2) is 19.9 Å². The van der Waals surface area contributed by atoms with Gasteiger partial charge in [-0.3, -0.25) is 9.59 Å². The van der Waals surface area contributed by atoms with Crippen molar-refractivity contribution in [2.75, 3.05) is 66.1 Å². The van der Waals surface area contributed by atoms with Crippen molar-refractivity contribution >= 4 is 93.4 Å². The number of aromatic nitrogens is 6. The number of unbranched alkanes of at least 4 members (excludes halogenated alkanes) is 2. The summed E-state index contributed by atoms with van der Waals surface area (Å²) < 4.78 is 47.8. The standard InChI is InChI=1S/C17H31NO2Si.C17H27NO2Si.C13H22BrNO2Si.C11H17NO2.C8H20O2Si.C5H4BrNO.C5H5NO.6CH4.Br2/c2*1-7-8-10-15-11-9-12-18-16(15)19-13-14-20-21(5,6)17(2,3)4;1-13(2,3)18(4,5)17-10-9-16-12-11(14)7-6-8-15-12;1-2-3-5-10-6-4-7-12-11(10)14-9-8-13;1-8(2,3)11(4,5)10-7-6-9;6-4-2-1-3-7-5(4)8;7-5-3-1-2-4-6-5;;;;;;;1-2/h9,11-12H,7-8,10,13-14H2,1-6H3;9,11-12H,7,13-14H2,1-6H3;6-8H,9-10H2,1-5H3;4,6-7,13H,2-3,5,8-9H2,1H3;9H,6-7H2,1-5H3;1-3H,(H,7,8);1-4H,(H,6,7);6*1H4;. The van der Waals surface area contributed by atoms with E-state index in [1.54, 1.807) is 61.4 Å². The molecule has 0 fully saturated rings. The molecular weight excluding hydrogens is 1690 g/mol. The average Bonchev–Trinajstić information content (AvgIpc) is 0.853. The van der Waals surface area contributed by atoms with Crippen LogP contribution in [0.4, 0.5) is 0 Å². The number of rotatable bonds is 27. The minimum atomic E-state index is -1.71. The first-order chi connectivity index (χ1) is 47.7. The van der Waals surface area contributed by atoms with Crippen molar-refractivity contribution < 1.29 is 46.9 Å². The minimum Gasteiger partial charge on any atom is -0.475 e. The summed E-state index contributed by atoms with van der Waals surface area (Å²) in [6, 6.07) is 24.0. The quantitative estimate of drug-likeness (QED) is 0.0213. The van der Waals surface area contributed by atoms with Crippen molar-refractivity contribution in [1.82, 2.24) is 29.9 Å². The maximum absolute atomic E-state index is 10.5. The minimum absolute atomic E-state index is 0. The second-order valence-corrected chi connectivity index (χ2v) is 50.2. The largest absolute Gasteiger partial charge is 0.475 e. The molecule has 108 heavy (non-hydrogen) atoms. The van der Waals surface area contributed by atoms with Gasteiger partial charge in [-0.05, 0) is 185 Å². The average molecular weight is 1840 g/mol. The van der Waals surface area contributed by atoms with Gasteiger partial charge in [-0.1, -0.05) is 191 Å². The first-order valence-electron chi connectivity index (χ1n) is 35.0. The topological polar surface area (TPSA) is 232 Å². The first kappa shape index (κ1) is 120. The normalized spacial score (nSPS) is 10.8. The molecule has 6 aromatic rings. The fourth-order valence-corrected chi connectivity index (χ4v) is 11.6. The van der Waals surface area contributed by atoms with E-state index in [0.29, 0.717) is 75.0 Å². The van der Waals surface area contributed by atoms with Gasteiger partial charge in [0.1, 0.15) is 26.4 Å². The van der Waals surface area contributed by atoms with E-state index in [-0.39, 0.29) is 89.0 Å². The summed E-state index contributed by atoms with van der Waals surface area (Å²) in [4.78, 5) is 42.6. The van der Waals surface area contributed by atoms with Crippen LogP contribution in [-0.2, 0) is 30.5 Å². The second-order valence-electron chi connectivity index (χ2n) is 29.3. The zero-order valence-electron chi connectivity index (χ0n) is 65.8. The van der Waals surface area contributed by atoms with Crippen LogP contribution in [0.1, 0.15) is 197 Å². The van der Waals surface area contributed by atoms with Crippen LogP contribution in [0, 0.1) is 11.8 Å². The molecule has 0 radical (unpaired) electrons. The van der Waals surface area contributed by atoms with Crippen molar-refractivity contribution in [3.63, 3.8) is 0 Å². The van der Waals surface area contributed by atoms with E-state index in [2.05, 4.69) is 257 Å². The van der Waals surface area contributed by atoms with Crippen LogP contribution < -0.4 is 30.1 Å². The van der Waals surface area contributed by atoms with E-state index in [1.165, 1.54) is 24.5 Å². The number of hydrogen-bond acceptors (Lipinski definition) is 16. The molecule has 0 aliphatic carbocycles. The molecule has 0 aromatic carbocycles. The molecule has 4 N–H and O–H groups in total. The van der Waals surface area contributed by atoms with Crippen LogP contribution in [-0.4, -0.2) is 139 Å². The van der Waals surface area contributed by atoms with Gasteiger partial charge in [-0.15, -0.1) is 0 Å². The molecule has 6 aromatic heterocycles. The Balaban J connectivity index is -0.000000182. The monoisotopic (exact) mass is 1840 g/mol. The fraction of sp³-hybridized carbons (Fsp3) is 0.610. The maximum atomic E-state index is 10.5. The van der Waals surface area contributed by atoms with Crippen molar-refractivity contribution in [3.8, 4) is 35.4 Å². The Labute approximate surface area is 694 Å². The van der Waals surface area contributed by atoms with Gasteiger partial charge >= 0.3 is 0 Å². The molecule has 18 nitrogen and oxygen atoms in total. The summed E-state index contributed by atoms with van der Waals surface area (Å²) in [5.41, 5.74) is 3.02. The Morgan fingerprint density at radius 2 is 0.759 bits per heavy atom. The summed E-state index contributed by atoms with van der Waals surface area (Å²) in [5, 5.41) is 18.2. The Hall–Kier alpha value is -4.19. The van der Waals surface area contributed by atoms with Crippen LogP contribution >= 0.6 is 60.1 Å². The molecule has 0 atom stereocenters. The Morgan fingerprint density at radius 1 is 0.417 bits per heavy atom. The number of aromatic amines is 2. The summed E-state index contributed by atoms with van der Waals surface area (Å²) in [5.74, 6) is 8.77. The third-order valence-electron chi connectivity index (χ3n) is 17.1. The van der Waals surface area contributed by atoms with E-state index in [4.69, 9.17) is 46.9 Å². The molecular formula is C82H150Br4N6O12Si4. The lowest BCUT2D eigenvalue weighted by atomic mass is 10.1. The van der Waals surface area contributed by atoms with Crippen LogP contribution in [0.2, 0.25) is 72.5 Å². The first-order valence-corrected chi connectivity index (χ1v) is 51.9. The number of aliphatic hydroxyl groups is 2. The van der Waals surface area contributed by atoms with Crippen LogP contribution in [0.3, 0.4) is 0 Å². The van der Waals surface area contributed by atoms with E-state index in [1.807, 2.05) is 49.4 Å². The molecule has 26 heteroatoms. The van der Waals surface area contributed by atoms with Crippen molar-refractivity contribution in [3.05, 3.63) is 162 Å². The van der Waals surface area contributed by atoms with Crippen LogP contribution in [0.5, 0.6) is 23.5 Å². The number of aliphatic hydroxyl groups excluding tert-OH is 2. The molecule has 0 saturated carbocycles. The number of pyridine rings is 6. The number of aryl methyl sites for hydroxylation is 2. The lowest BCUT2D eigenvalue weighted by Gasteiger charge is -2.36. The predicted octanol–water partition coefficient (Wildman–Crippen LogP) is 24.1. The van der Waals surface area contributed by atoms with Gasteiger partial charge in [0.25, 0.3) is 5.56 Å². The fourth-order valence-electron chi connectivity index (χ4n) is 6.88. The van der Waals surface area contributed by atoms with Gasteiger partial charge in [0.15, 0.2) is 33.3 Å². The molecule has 0 bridgehead atoms. The number of nitrogens with zero attached hydrogens (tertiary/aromatic N) is 4. The summed E-state index contributed by atoms with van der Waals surface area (Å²) in [6.45, 7) is 55.4. The number of H-pyrrole nitrogens is 2. The highest BCUT2D eigenvalue weighted by Crippen LogP contribution is 2.39. The highest BCUT2D eigenvalue weighted by atomic mass is 80.9. The van der Waals surface area contributed by atoms with Gasteiger partial charge in [0.05, 0.1) is 54.2 Å². The number of ether oxygens (including phenoxy) is 4. The van der Waals surface area contributed by atoms with Gasteiger partial charge in [0, 0.05) is 89.1 Å². The van der Waals surface area contributed by atoms with Crippen LogP contribution in [0.25, 0.3) is 0 Å². The molecule has 0 aliphatic heterocycles. The van der Waals surface area contributed by atoms with E-state index in [9.17, 15) is 9.59 Å². The molecule has 624 valence electrons. The number of hydrogen-bond donors (Lipinski definition) is 4. The predicted molar refractivity (Wildman–Crippen MR) is 488 cm³/mol. The highest BCUT2D eigenvalue weighted by Gasteiger charge is 2.39. The van der Waals surface area contributed by atoms with E-state index in [0.717, 1.165) is 53.6 Å². The molecule has 0 aliphatic rings. The Kier molecular flexibility index (Phi) is 71.1. The molecule has 0 unspecified atom stereocenters.